The van der Waals surface area contributed by atoms with Crippen LogP contribution in [0.2, 0.25) is 5.02 Å². The number of piperazine rings is 1. The number of nitrogens with zero attached hydrogens (tertiary/aromatic N) is 4. The molecule has 3 aromatic rings. The molecular formula is C20H19ClN4O4S2. The van der Waals surface area contributed by atoms with Crippen LogP contribution in [0.1, 0.15) is 5.01 Å². The number of halogens is 1. The molecule has 0 atom stereocenters. The molecule has 0 aliphatic carbocycles. The van der Waals surface area contributed by atoms with Gasteiger partial charge in [-0.3, -0.25) is 15.0 Å². The van der Waals surface area contributed by atoms with Crippen molar-refractivity contribution in [2.24, 2.45) is 0 Å². The maximum atomic E-state index is 12.9. The van der Waals surface area contributed by atoms with Gasteiger partial charge < -0.3 is 0 Å². The first kappa shape index (κ1) is 21.8. The fraction of sp³-hybridized carbons (Fsp3) is 0.250. The SMILES string of the molecule is O=[N+]([O-])c1ccccc1S(=O)(=O)N1CCN(Cc2nc(-c3ccc(Cl)cc3)cs2)CC1. The highest BCUT2D eigenvalue weighted by molar-refractivity contribution is 7.89. The fourth-order valence-electron chi connectivity index (χ4n) is 3.42. The zero-order chi connectivity index (χ0) is 22.0. The summed E-state index contributed by atoms with van der Waals surface area (Å²) in [5.74, 6) is 0. The van der Waals surface area contributed by atoms with Crippen molar-refractivity contribution in [3.05, 3.63) is 74.1 Å². The molecule has 8 nitrogen and oxygen atoms in total. The van der Waals surface area contributed by atoms with Crippen LogP contribution in [0.25, 0.3) is 11.3 Å². The van der Waals surface area contributed by atoms with E-state index in [1.165, 1.54) is 28.6 Å². The molecule has 0 N–H and O–H groups in total. The van der Waals surface area contributed by atoms with Gasteiger partial charge in [-0.25, -0.2) is 13.4 Å². The van der Waals surface area contributed by atoms with Gasteiger partial charge in [-0.1, -0.05) is 35.9 Å². The predicted octanol–water partition coefficient (Wildman–Crippen LogP) is 3.88. The molecule has 31 heavy (non-hydrogen) atoms. The molecule has 2 heterocycles. The van der Waals surface area contributed by atoms with Crippen LogP contribution in [0.5, 0.6) is 0 Å². The number of rotatable bonds is 6. The van der Waals surface area contributed by atoms with E-state index in [-0.39, 0.29) is 18.0 Å². The molecule has 1 aromatic heterocycles. The summed E-state index contributed by atoms with van der Waals surface area (Å²) in [5.41, 5.74) is 1.48. The molecule has 1 saturated heterocycles. The molecule has 1 aliphatic heterocycles. The Morgan fingerprint density at radius 2 is 1.74 bits per heavy atom. The lowest BCUT2D eigenvalue weighted by atomic mass is 10.2. The van der Waals surface area contributed by atoms with Gasteiger partial charge in [0, 0.05) is 48.2 Å². The topological polar surface area (TPSA) is 96.6 Å². The van der Waals surface area contributed by atoms with Gasteiger partial charge in [0.1, 0.15) is 5.01 Å². The van der Waals surface area contributed by atoms with Crippen LogP contribution in [0, 0.1) is 10.1 Å². The summed E-state index contributed by atoms with van der Waals surface area (Å²) in [7, 11) is -3.93. The van der Waals surface area contributed by atoms with E-state index in [1.807, 2.05) is 29.6 Å². The van der Waals surface area contributed by atoms with Crippen molar-refractivity contribution in [3.63, 3.8) is 0 Å². The molecule has 2 aromatic carbocycles. The highest BCUT2D eigenvalue weighted by atomic mass is 35.5. The number of sulfonamides is 1. The fourth-order valence-corrected chi connectivity index (χ4v) is 5.97. The van der Waals surface area contributed by atoms with E-state index in [2.05, 4.69) is 9.88 Å². The van der Waals surface area contributed by atoms with Crippen molar-refractivity contribution in [2.45, 2.75) is 11.4 Å². The van der Waals surface area contributed by atoms with Crippen LogP contribution < -0.4 is 0 Å². The van der Waals surface area contributed by atoms with E-state index < -0.39 is 20.6 Å². The lowest BCUT2D eigenvalue weighted by Crippen LogP contribution is -2.48. The standard InChI is InChI=1S/C20H19ClN4O4S2/c21-16-7-5-15(6-8-16)17-14-30-20(22-17)13-23-9-11-24(12-10-23)31(28,29)19-4-2-1-3-18(19)25(26)27/h1-8,14H,9-13H2. The summed E-state index contributed by atoms with van der Waals surface area (Å²) in [4.78, 5) is 17.1. The third kappa shape index (κ3) is 4.78. The van der Waals surface area contributed by atoms with E-state index in [0.717, 1.165) is 16.3 Å². The lowest BCUT2D eigenvalue weighted by molar-refractivity contribution is -0.387. The lowest BCUT2D eigenvalue weighted by Gasteiger charge is -2.33. The first-order chi connectivity index (χ1) is 14.8. The molecule has 0 unspecified atom stereocenters. The first-order valence-corrected chi connectivity index (χ1v) is 12.2. The van der Waals surface area contributed by atoms with Gasteiger partial charge in [0.25, 0.3) is 5.69 Å². The highest BCUT2D eigenvalue weighted by Gasteiger charge is 2.33. The number of benzene rings is 2. The van der Waals surface area contributed by atoms with Gasteiger partial charge in [0.2, 0.25) is 10.0 Å². The molecule has 162 valence electrons. The third-order valence-corrected chi connectivity index (χ3v) is 8.09. The monoisotopic (exact) mass is 478 g/mol. The number of nitro groups is 1. The minimum Gasteiger partial charge on any atom is -0.294 e. The Kier molecular flexibility index (Phi) is 6.35. The number of nitro benzene ring substituents is 1. The Labute approximate surface area is 188 Å². The number of hydrogen-bond acceptors (Lipinski definition) is 7. The molecule has 4 rings (SSSR count). The van der Waals surface area contributed by atoms with Crippen molar-refractivity contribution in [2.75, 3.05) is 26.2 Å². The van der Waals surface area contributed by atoms with Crippen molar-refractivity contribution < 1.29 is 13.3 Å². The summed E-state index contributed by atoms with van der Waals surface area (Å²) in [5, 5.41) is 14.8. The predicted molar refractivity (Wildman–Crippen MR) is 120 cm³/mol. The molecule has 0 bridgehead atoms. The Hall–Kier alpha value is -2.37. The molecule has 11 heteroatoms. The Morgan fingerprint density at radius 1 is 1.06 bits per heavy atom. The highest BCUT2D eigenvalue weighted by Crippen LogP contribution is 2.28. The second-order valence-corrected chi connectivity index (χ2v) is 10.3. The minimum atomic E-state index is -3.93. The average Bonchev–Trinajstić information content (AvgIpc) is 3.23. The molecule has 1 fully saturated rings. The van der Waals surface area contributed by atoms with Gasteiger partial charge in [0.15, 0.2) is 4.90 Å². The zero-order valence-electron chi connectivity index (χ0n) is 16.3. The van der Waals surface area contributed by atoms with Crippen molar-refractivity contribution in [1.29, 1.82) is 0 Å². The smallest absolute Gasteiger partial charge is 0.289 e. The van der Waals surface area contributed by atoms with Crippen molar-refractivity contribution >= 4 is 38.6 Å². The second kappa shape index (κ2) is 9.01. The minimum absolute atomic E-state index is 0.263. The van der Waals surface area contributed by atoms with E-state index in [4.69, 9.17) is 11.6 Å². The van der Waals surface area contributed by atoms with Crippen molar-refractivity contribution in [1.82, 2.24) is 14.2 Å². The molecule has 0 radical (unpaired) electrons. The maximum absolute atomic E-state index is 12.9. The van der Waals surface area contributed by atoms with Crippen LogP contribution in [-0.2, 0) is 16.6 Å². The molecular weight excluding hydrogens is 460 g/mol. The van der Waals surface area contributed by atoms with Crippen LogP contribution in [-0.4, -0.2) is 53.7 Å². The Morgan fingerprint density at radius 3 is 2.42 bits per heavy atom. The van der Waals surface area contributed by atoms with E-state index in [0.29, 0.717) is 24.7 Å². The number of aromatic nitrogens is 1. The van der Waals surface area contributed by atoms with E-state index in [9.17, 15) is 18.5 Å². The molecule has 0 saturated carbocycles. The zero-order valence-corrected chi connectivity index (χ0v) is 18.7. The van der Waals surface area contributed by atoms with Crippen LogP contribution in [0.4, 0.5) is 5.69 Å². The number of para-hydroxylation sites is 1. The van der Waals surface area contributed by atoms with Crippen LogP contribution >= 0.6 is 22.9 Å². The number of hydrogen-bond donors (Lipinski definition) is 0. The van der Waals surface area contributed by atoms with Crippen LogP contribution in [0.3, 0.4) is 0 Å². The van der Waals surface area contributed by atoms with Crippen LogP contribution in [0.15, 0.2) is 58.8 Å². The normalized spacial score (nSPS) is 15.8. The Balaban J connectivity index is 1.40. The summed E-state index contributed by atoms with van der Waals surface area (Å²) < 4.78 is 27.2. The van der Waals surface area contributed by atoms with E-state index >= 15 is 0 Å². The summed E-state index contributed by atoms with van der Waals surface area (Å²) in [6.07, 6.45) is 0. The Bertz CT molecular complexity index is 1190. The maximum Gasteiger partial charge on any atom is 0.289 e. The second-order valence-electron chi connectivity index (χ2n) is 7.04. The van der Waals surface area contributed by atoms with Gasteiger partial charge in [-0.05, 0) is 18.2 Å². The van der Waals surface area contributed by atoms with Gasteiger partial charge in [0.05, 0.1) is 17.2 Å². The molecule has 0 amide bonds. The quantitative estimate of drug-likeness (QED) is 0.394. The van der Waals surface area contributed by atoms with Gasteiger partial charge in [-0.15, -0.1) is 11.3 Å². The molecule has 1 aliphatic rings. The van der Waals surface area contributed by atoms with Crippen molar-refractivity contribution in [3.8, 4) is 11.3 Å². The molecule has 0 spiro atoms. The summed E-state index contributed by atoms with van der Waals surface area (Å²) in [6, 6.07) is 13.0. The van der Waals surface area contributed by atoms with Gasteiger partial charge >= 0.3 is 0 Å². The number of thiazole rings is 1. The largest absolute Gasteiger partial charge is 0.294 e. The summed E-state index contributed by atoms with van der Waals surface area (Å²) in [6.45, 7) is 2.21. The first-order valence-electron chi connectivity index (χ1n) is 9.51. The third-order valence-electron chi connectivity index (χ3n) is 5.06. The van der Waals surface area contributed by atoms with E-state index in [1.54, 1.807) is 11.3 Å². The summed E-state index contributed by atoms with van der Waals surface area (Å²) >= 11 is 7.49. The van der Waals surface area contributed by atoms with Gasteiger partial charge in [-0.2, -0.15) is 4.31 Å². The average molecular weight is 479 g/mol.